The smallest absolute Gasteiger partial charge is 0.304 e. The Morgan fingerprint density at radius 1 is 1.50 bits per heavy atom. The lowest BCUT2D eigenvalue weighted by Gasteiger charge is -2.10. The Hall–Kier alpha value is -0.650. The maximum absolute atomic E-state index is 10.3. The normalized spacial score (nSPS) is 12.7. The lowest BCUT2D eigenvalue weighted by Crippen LogP contribution is -2.29. The van der Waals surface area contributed by atoms with Gasteiger partial charge in [0.25, 0.3) is 0 Å². The molecule has 84 valence electrons. The van der Waals surface area contributed by atoms with Gasteiger partial charge in [0.05, 0.1) is 19.6 Å². The molecule has 0 rings (SSSR count). The second-order valence-electron chi connectivity index (χ2n) is 3.14. The molecule has 1 unspecified atom stereocenters. The van der Waals surface area contributed by atoms with Crippen LogP contribution in [0.5, 0.6) is 0 Å². The Balaban J connectivity index is 3.14. The molecule has 0 spiro atoms. The van der Waals surface area contributed by atoms with E-state index in [-0.39, 0.29) is 19.1 Å². The van der Waals surface area contributed by atoms with Crippen molar-refractivity contribution in [3.8, 4) is 0 Å². The third kappa shape index (κ3) is 9.44. The molecule has 0 amide bonds. The Morgan fingerprint density at radius 3 is 2.79 bits per heavy atom. The number of carboxylic acid groups (broad SMARTS) is 1. The first-order valence-electron chi connectivity index (χ1n) is 4.80. The Morgan fingerprint density at radius 2 is 2.21 bits per heavy atom. The zero-order valence-corrected chi connectivity index (χ0v) is 8.53. The van der Waals surface area contributed by atoms with Gasteiger partial charge in [-0.3, -0.25) is 4.79 Å². The minimum Gasteiger partial charge on any atom is -0.481 e. The van der Waals surface area contributed by atoms with Crippen LogP contribution in [0.2, 0.25) is 0 Å². The average molecular weight is 205 g/mol. The number of carbonyl (C=O) groups is 1. The predicted octanol–water partition coefficient (Wildman–Crippen LogP) is -0.162. The number of hydrogen-bond acceptors (Lipinski definition) is 4. The number of carboxylic acids is 1. The van der Waals surface area contributed by atoms with E-state index in [0.29, 0.717) is 13.2 Å². The van der Waals surface area contributed by atoms with Gasteiger partial charge in [-0.2, -0.15) is 0 Å². The summed E-state index contributed by atoms with van der Waals surface area (Å²) in [7, 11) is 0. The maximum Gasteiger partial charge on any atom is 0.304 e. The van der Waals surface area contributed by atoms with Crippen LogP contribution >= 0.6 is 0 Å². The molecule has 0 aliphatic carbocycles. The molecule has 0 fully saturated rings. The van der Waals surface area contributed by atoms with Crippen LogP contribution in [0, 0.1) is 0 Å². The van der Waals surface area contributed by atoms with Crippen LogP contribution in [0.3, 0.4) is 0 Å². The molecule has 0 aromatic rings. The predicted molar refractivity (Wildman–Crippen MR) is 52.2 cm³/mol. The van der Waals surface area contributed by atoms with Gasteiger partial charge in [-0.1, -0.05) is 0 Å². The number of hydrogen-bond donors (Lipinski definition) is 3. The SMILES string of the molecule is CC(CC(=O)O)NCCCOCCO. The summed E-state index contributed by atoms with van der Waals surface area (Å²) in [5.74, 6) is -0.790. The highest BCUT2D eigenvalue weighted by Gasteiger charge is 2.05. The van der Waals surface area contributed by atoms with Crippen LogP contribution in [-0.4, -0.2) is 48.6 Å². The fraction of sp³-hybridized carbons (Fsp3) is 0.889. The van der Waals surface area contributed by atoms with Crippen molar-refractivity contribution in [3.63, 3.8) is 0 Å². The van der Waals surface area contributed by atoms with Gasteiger partial charge in [0.1, 0.15) is 0 Å². The van der Waals surface area contributed by atoms with E-state index >= 15 is 0 Å². The van der Waals surface area contributed by atoms with Crippen molar-refractivity contribution >= 4 is 5.97 Å². The van der Waals surface area contributed by atoms with E-state index in [0.717, 1.165) is 13.0 Å². The highest BCUT2D eigenvalue weighted by atomic mass is 16.5. The molecule has 0 bridgehead atoms. The van der Waals surface area contributed by atoms with Gasteiger partial charge in [-0.15, -0.1) is 0 Å². The number of aliphatic hydroxyl groups excluding tert-OH is 1. The monoisotopic (exact) mass is 205 g/mol. The van der Waals surface area contributed by atoms with Gasteiger partial charge in [0.2, 0.25) is 0 Å². The van der Waals surface area contributed by atoms with Gasteiger partial charge >= 0.3 is 5.97 Å². The number of rotatable bonds is 9. The van der Waals surface area contributed by atoms with E-state index in [1.54, 1.807) is 0 Å². The van der Waals surface area contributed by atoms with Crippen molar-refractivity contribution in [1.82, 2.24) is 5.32 Å². The zero-order chi connectivity index (χ0) is 10.8. The number of ether oxygens (including phenoxy) is 1. The third-order valence-electron chi connectivity index (χ3n) is 1.67. The van der Waals surface area contributed by atoms with E-state index in [1.807, 2.05) is 6.92 Å². The summed E-state index contributed by atoms with van der Waals surface area (Å²) in [6.45, 7) is 3.57. The topological polar surface area (TPSA) is 78.8 Å². The second-order valence-corrected chi connectivity index (χ2v) is 3.14. The zero-order valence-electron chi connectivity index (χ0n) is 8.53. The van der Waals surface area contributed by atoms with Crippen LogP contribution in [0.4, 0.5) is 0 Å². The fourth-order valence-electron chi connectivity index (χ4n) is 1.02. The highest BCUT2D eigenvalue weighted by molar-refractivity contribution is 5.67. The van der Waals surface area contributed by atoms with Gasteiger partial charge in [-0.25, -0.2) is 0 Å². The summed E-state index contributed by atoms with van der Waals surface area (Å²) in [5.41, 5.74) is 0. The Kier molecular flexibility index (Phi) is 8.51. The maximum atomic E-state index is 10.3. The molecule has 0 heterocycles. The van der Waals surface area contributed by atoms with Crippen molar-refractivity contribution in [1.29, 1.82) is 0 Å². The molecule has 0 aromatic heterocycles. The molecule has 5 heteroatoms. The summed E-state index contributed by atoms with van der Waals surface area (Å²) in [6.07, 6.45) is 0.960. The molecule has 1 atom stereocenters. The van der Waals surface area contributed by atoms with Crippen molar-refractivity contribution in [2.75, 3.05) is 26.4 Å². The Bertz CT molecular complexity index is 152. The number of nitrogens with one attached hydrogen (secondary N) is 1. The first-order valence-corrected chi connectivity index (χ1v) is 4.80. The molecular weight excluding hydrogens is 186 g/mol. The molecule has 0 aliphatic rings. The number of aliphatic hydroxyl groups is 1. The van der Waals surface area contributed by atoms with E-state index in [1.165, 1.54) is 0 Å². The van der Waals surface area contributed by atoms with Gasteiger partial charge in [-0.05, 0) is 19.9 Å². The molecule has 0 saturated carbocycles. The standard InChI is InChI=1S/C9H19NO4/c1-8(7-9(12)13)10-3-2-5-14-6-4-11/h8,10-11H,2-7H2,1H3,(H,12,13). The van der Waals surface area contributed by atoms with E-state index in [9.17, 15) is 4.79 Å². The van der Waals surface area contributed by atoms with E-state index < -0.39 is 5.97 Å². The molecular formula is C9H19NO4. The van der Waals surface area contributed by atoms with Crippen LogP contribution in [0.25, 0.3) is 0 Å². The lowest BCUT2D eigenvalue weighted by molar-refractivity contribution is -0.137. The third-order valence-corrected chi connectivity index (χ3v) is 1.67. The average Bonchev–Trinajstić information content (AvgIpc) is 2.10. The second kappa shape index (κ2) is 8.93. The Labute approximate surface area is 84.1 Å². The van der Waals surface area contributed by atoms with Crippen LogP contribution in [0.1, 0.15) is 19.8 Å². The summed E-state index contributed by atoms with van der Waals surface area (Å²) < 4.78 is 5.04. The van der Waals surface area contributed by atoms with Crippen molar-refractivity contribution < 1.29 is 19.7 Å². The molecule has 0 aliphatic heterocycles. The summed E-state index contributed by atoms with van der Waals surface area (Å²) in [6, 6.07) is -0.00894. The first kappa shape index (κ1) is 13.4. The molecule has 0 saturated heterocycles. The van der Waals surface area contributed by atoms with E-state index in [4.69, 9.17) is 14.9 Å². The minimum atomic E-state index is -0.790. The molecule has 14 heavy (non-hydrogen) atoms. The summed E-state index contributed by atoms with van der Waals surface area (Å²) in [4.78, 5) is 10.3. The minimum absolute atomic E-state index is 0.00894. The molecule has 0 aromatic carbocycles. The van der Waals surface area contributed by atoms with Crippen LogP contribution in [-0.2, 0) is 9.53 Å². The number of aliphatic carboxylic acids is 1. The summed E-state index contributed by atoms with van der Waals surface area (Å²) in [5, 5.41) is 19.9. The van der Waals surface area contributed by atoms with Crippen molar-refractivity contribution in [2.24, 2.45) is 0 Å². The van der Waals surface area contributed by atoms with Crippen LogP contribution < -0.4 is 5.32 Å². The van der Waals surface area contributed by atoms with E-state index in [2.05, 4.69) is 5.32 Å². The molecule has 5 nitrogen and oxygen atoms in total. The summed E-state index contributed by atoms with van der Waals surface area (Å²) >= 11 is 0. The first-order chi connectivity index (χ1) is 6.66. The molecule has 0 radical (unpaired) electrons. The largest absolute Gasteiger partial charge is 0.481 e. The van der Waals surface area contributed by atoms with Crippen molar-refractivity contribution in [2.45, 2.75) is 25.8 Å². The molecule has 3 N–H and O–H groups in total. The van der Waals surface area contributed by atoms with Gasteiger partial charge in [0, 0.05) is 12.6 Å². The quantitative estimate of drug-likeness (QED) is 0.456. The van der Waals surface area contributed by atoms with Crippen LogP contribution in [0.15, 0.2) is 0 Å². The van der Waals surface area contributed by atoms with Crippen molar-refractivity contribution in [3.05, 3.63) is 0 Å². The highest BCUT2D eigenvalue weighted by Crippen LogP contribution is 1.90. The lowest BCUT2D eigenvalue weighted by atomic mass is 10.2. The van der Waals surface area contributed by atoms with Gasteiger partial charge in [0.15, 0.2) is 0 Å². The van der Waals surface area contributed by atoms with Gasteiger partial charge < -0.3 is 20.3 Å². The fourth-order valence-corrected chi connectivity index (χ4v) is 1.02.